The van der Waals surface area contributed by atoms with Crippen LogP contribution in [0.25, 0.3) is 0 Å². The van der Waals surface area contributed by atoms with E-state index in [-0.39, 0.29) is 6.10 Å². The number of rotatable bonds is 6. The van der Waals surface area contributed by atoms with E-state index < -0.39 is 0 Å². The molecule has 1 atom stereocenters. The number of ether oxygens (including phenoxy) is 1. The predicted molar refractivity (Wildman–Crippen MR) is 80.9 cm³/mol. The number of hydrogen-bond acceptors (Lipinski definition) is 3. The summed E-state index contributed by atoms with van der Waals surface area (Å²) in [6.45, 7) is 10.00. The van der Waals surface area contributed by atoms with E-state index in [0.717, 1.165) is 30.2 Å². The van der Waals surface area contributed by atoms with Crippen molar-refractivity contribution in [3.63, 3.8) is 0 Å². The molecule has 1 aromatic carbocycles. The Balaban J connectivity index is 2.14. The van der Waals surface area contributed by atoms with Crippen molar-refractivity contribution in [3.05, 3.63) is 46.8 Å². The SMILES string of the molecule is CCNCc1c(C(C)Oc2cccc(C)c2)n[nH]c1C. The number of nitrogens with zero attached hydrogens (tertiary/aromatic N) is 1. The molecule has 0 aliphatic carbocycles. The van der Waals surface area contributed by atoms with E-state index in [4.69, 9.17) is 4.74 Å². The molecule has 1 heterocycles. The third-order valence-corrected chi connectivity index (χ3v) is 3.35. The minimum atomic E-state index is -0.0737. The van der Waals surface area contributed by atoms with Crippen molar-refractivity contribution in [1.82, 2.24) is 15.5 Å². The summed E-state index contributed by atoms with van der Waals surface area (Å²) < 4.78 is 6.00. The number of aromatic amines is 1. The summed E-state index contributed by atoms with van der Waals surface area (Å²) in [5, 5.41) is 10.8. The Hall–Kier alpha value is -1.81. The van der Waals surface area contributed by atoms with Crippen LogP contribution in [0.5, 0.6) is 5.75 Å². The molecule has 1 unspecified atom stereocenters. The molecule has 0 saturated heterocycles. The first-order valence-corrected chi connectivity index (χ1v) is 7.09. The molecule has 0 bridgehead atoms. The molecule has 0 radical (unpaired) electrons. The molecule has 1 aromatic heterocycles. The first-order valence-electron chi connectivity index (χ1n) is 7.09. The fourth-order valence-corrected chi connectivity index (χ4v) is 2.23. The van der Waals surface area contributed by atoms with Crippen molar-refractivity contribution in [2.45, 2.75) is 40.3 Å². The summed E-state index contributed by atoms with van der Waals surface area (Å²) in [4.78, 5) is 0. The van der Waals surface area contributed by atoms with Gasteiger partial charge in [-0.15, -0.1) is 0 Å². The summed E-state index contributed by atoms with van der Waals surface area (Å²) >= 11 is 0. The Labute approximate surface area is 120 Å². The lowest BCUT2D eigenvalue weighted by Crippen LogP contribution is -2.15. The lowest BCUT2D eigenvalue weighted by atomic mass is 10.1. The highest BCUT2D eigenvalue weighted by Crippen LogP contribution is 2.24. The molecule has 0 spiro atoms. The number of nitrogens with one attached hydrogen (secondary N) is 2. The number of aromatic nitrogens is 2. The predicted octanol–water partition coefficient (Wildman–Crippen LogP) is 3.28. The van der Waals surface area contributed by atoms with Gasteiger partial charge in [-0.05, 0) is 45.0 Å². The molecular formula is C16H23N3O. The molecule has 0 fully saturated rings. The summed E-state index contributed by atoms with van der Waals surface area (Å²) in [5.41, 5.74) is 4.47. The molecule has 0 aliphatic heterocycles. The lowest BCUT2D eigenvalue weighted by molar-refractivity contribution is 0.220. The van der Waals surface area contributed by atoms with E-state index in [9.17, 15) is 0 Å². The average Bonchev–Trinajstić information content (AvgIpc) is 2.77. The van der Waals surface area contributed by atoms with Gasteiger partial charge >= 0.3 is 0 Å². The molecule has 20 heavy (non-hydrogen) atoms. The van der Waals surface area contributed by atoms with Crippen LogP contribution in [-0.2, 0) is 6.54 Å². The molecular weight excluding hydrogens is 250 g/mol. The van der Waals surface area contributed by atoms with Gasteiger partial charge in [0, 0.05) is 17.8 Å². The van der Waals surface area contributed by atoms with Gasteiger partial charge in [0.05, 0.1) is 0 Å². The van der Waals surface area contributed by atoms with E-state index in [1.54, 1.807) is 0 Å². The standard InChI is InChI=1S/C16H23N3O/c1-5-17-10-15-12(3)18-19-16(15)13(4)20-14-8-6-7-11(2)9-14/h6-9,13,17H,5,10H2,1-4H3,(H,18,19). The van der Waals surface area contributed by atoms with Crippen LogP contribution in [0.2, 0.25) is 0 Å². The van der Waals surface area contributed by atoms with Crippen molar-refractivity contribution in [2.24, 2.45) is 0 Å². The molecule has 4 heteroatoms. The van der Waals surface area contributed by atoms with Gasteiger partial charge in [0.1, 0.15) is 17.5 Å². The number of H-pyrrole nitrogens is 1. The van der Waals surface area contributed by atoms with Gasteiger partial charge in [0.25, 0.3) is 0 Å². The third-order valence-electron chi connectivity index (χ3n) is 3.35. The van der Waals surface area contributed by atoms with Crippen molar-refractivity contribution >= 4 is 0 Å². The fourth-order valence-electron chi connectivity index (χ4n) is 2.23. The van der Waals surface area contributed by atoms with Gasteiger partial charge in [-0.1, -0.05) is 19.1 Å². The zero-order valence-corrected chi connectivity index (χ0v) is 12.7. The Morgan fingerprint density at radius 1 is 1.35 bits per heavy atom. The number of hydrogen-bond donors (Lipinski definition) is 2. The normalized spacial score (nSPS) is 12.4. The van der Waals surface area contributed by atoms with Crippen LogP contribution < -0.4 is 10.1 Å². The van der Waals surface area contributed by atoms with Crippen LogP contribution >= 0.6 is 0 Å². The Morgan fingerprint density at radius 3 is 2.85 bits per heavy atom. The summed E-state index contributed by atoms with van der Waals surface area (Å²) in [7, 11) is 0. The lowest BCUT2D eigenvalue weighted by Gasteiger charge is -2.15. The quantitative estimate of drug-likeness (QED) is 0.849. The van der Waals surface area contributed by atoms with Gasteiger partial charge in [-0.25, -0.2) is 0 Å². The third kappa shape index (κ3) is 3.39. The van der Waals surface area contributed by atoms with Crippen molar-refractivity contribution in [2.75, 3.05) is 6.54 Å². The van der Waals surface area contributed by atoms with Crippen LogP contribution in [0.3, 0.4) is 0 Å². The van der Waals surface area contributed by atoms with E-state index in [2.05, 4.69) is 35.4 Å². The second-order valence-electron chi connectivity index (χ2n) is 5.07. The molecule has 2 aromatic rings. The smallest absolute Gasteiger partial charge is 0.140 e. The average molecular weight is 273 g/mol. The van der Waals surface area contributed by atoms with Gasteiger partial charge < -0.3 is 10.1 Å². The van der Waals surface area contributed by atoms with Crippen LogP contribution in [0, 0.1) is 13.8 Å². The van der Waals surface area contributed by atoms with Crippen molar-refractivity contribution in [3.8, 4) is 5.75 Å². The summed E-state index contributed by atoms with van der Waals surface area (Å²) in [6, 6.07) is 8.09. The van der Waals surface area contributed by atoms with Crippen molar-refractivity contribution < 1.29 is 4.74 Å². The molecule has 0 saturated carbocycles. The van der Waals surface area contributed by atoms with E-state index in [1.165, 1.54) is 11.1 Å². The van der Waals surface area contributed by atoms with Crippen LogP contribution in [0.1, 0.15) is 42.5 Å². The van der Waals surface area contributed by atoms with Crippen molar-refractivity contribution in [1.29, 1.82) is 0 Å². The largest absolute Gasteiger partial charge is 0.484 e. The highest BCUT2D eigenvalue weighted by atomic mass is 16.5. The molecule has 2 rings (SSSR count). The van der Waals surface area contributed by atoms with Gasteiger partial charge in [-0.2, -0.15) is 5.10 Å². The maximum absolute atomic E-state index is 6.00. The topological polar surface area (TPSA) is 49.9 Å². The zero-order valence-electron chi connectivity index (χ0n) is 12.7. The van der Waals surface area contributed by atoms with E-state index in [1.807, 2.05) is 32.0 Å². The second kappa shape index (κ2) is 6.57. The fraction of sp³-hybridized carbons (Fsp3) is 0.438. The first-order chi connectivity index (χ1) is 9.61. The maximum atomic E-state index is 6.00. The zero-order chi connectivity index (χ0) is 14.5. The minimum absolute atomic E-state index is 0.0737. The number of aryl methyl sites for hydroxylation is 2. The Kier molecular flexibility index (Phi) is 4.79. The molecule has 0 aliphatic rings. The minimum Gasteiger partial charge on any atom is -0.484 e. The van der Waals surface area contributed by atoms with Crippen LogP contribution in [0.4, 0.5) is 0 Å². The summed E-state index contributed by atoms with van der Waals surface area (Å²) in [5.74, 6) is 0.882. The molecule has 0 amide bonds. The highest BCUT2D eigenvalue weighted by molar-refractivity contribution is 5.30. The monoisotopic (exact) mass is 273 g/mol. The van der Waals surface area contributed by atoms with Crippen LogP contribution in [0.15, 0.2) is 24.3 Å². The van der Waals surface area contributed by atoms with Gasteiger partial charge in [0.15, 0.2) is 0 Å². The van der Waals surface area contributed by atoms with Gasteiger partial charge in [-0.3, -0.25) is 5.10 Å². The molecule has 108 valence electrons. The van der Waals surface area contributed by atoms with Gasteiger partial charge in [0.2, 0.25) is 0 Å². The summed E-state index contributed by atoms with van der Waals surface area (Å²) in [6.07, 6.45) is -0.0737. The molecule has 2 N–H and O–H groups in total. The Morgan fingerprint density at radius 2 is 2.15 bits per heavy atom. The number of benzene rings is 1. The van der Waals surface area contributed by atoms with E-state index >= 15 is 0 Å². The second-order valence-corrected chi connectivity index (χ2v) is 5.07. The maximum Gasteiger partial charge on any atom is 0.140 e. The van der Waals surface area contributed by atoms with E-state index in [0.29, 0.717) is 0 Å². The molecule has 4 nitrogen and oxygen atoms in total. The Bertz CT molecular complexity index is 563. The first kappa shape index (κ1) is 14.6. The highest BCUT2D eigenvalue weighted by Gasteiger charge is 2.17. The van der Waals surface area contributed by atoms with Crippen LogP contribution in [-0.4, -0.2) is 16.7 Å².